The molecule has 1 saturated heterocycles. The number of anilines is 3. The van der Waals surface area contributed by atoms with Gasteiger partial charge in [-0.15, -0.1) is 11.8 Å². The summed E-state index contributed by atoms with van der Waals surface area (Å²) in [5.74, 6) is -3.46. The molecule has 8 atom stereocenters. The van der Waals surface area contributed by atoms with E-state index in [9.17, 15) is 64.2 Å². The van der Waals surface area contributed by atoms with Gasteiger partial charge in [0.25, 0.3) is 11.8 Å². The number of hydrogen-bond donors (Lipinski definition) is 14. The van der Waals surface area contributed by atoms with Gasteiger partial charge in [0.15, 0.2) is 12.0 Å². The summed E-state index contributed by atoms with van der Waals surface area (Å²) in [4.78, 5) is 98.2. The molecule has 1 aliphatic carbocycles. The standard InChI is InChI=1S/C71H92N10O15S/c1-6-9-18-42-39-81(52-37-53(47-21-14-15-22-48(47)57(42)52)95-69-61(86)59(84)60(85)62(96-69)68(92)93)66(90)51-36-43-35-46(29-30-49(43)78-51)77-63(87)41-25-27-45(28-26-41)76-64(88)50(23-16-31-75-70(72)94)79-65(89)58(40(4)5)74-33-32-73-55(82)24-17-34-80-56(83)38-54(67(80)91)97-71(7-2,8-3)44-19-12-10-11-13-20-44/h6,9,14-15,21-22,25-30,35-38,40,42,44,50,58-62,69,74,78,83-86,91H,7-8,10-13,16-20,23-24,31-34,39H2,1-5H3,(H,73,82)(H,76,88)(H,77,87)(H,79,89)(H,92,93)(H3,72,75,94). The number of carbonyl (C=O) groups is 7. The first-order valence-corrected chi connectivity index (χ1v) is 34.4. The van der Waals surface area contributed by atoms with Crippen LogP contribution in [-0.2, 0) is 30.5 Å². The Kier molecular flexibility index (Phi) is 24.7. The molecule has 7 amide bonds. The average molecular weight is 1360 g/mol. The molecule has 4 heterocycles. The smallest absolute Gasteiger partial charge is 0.335 e. The number of aliphatic hydroxyl groups is 3. The van der Waals surface area contributed by atoms with Crippen LogP contribution in [0.2, 0.25) is 0 Å². The van der Waals surface area contributed by atoms with Gasteiger partial charge in [-0.05, 0) is 130 Å². The number of aliphatic hydroxyl groups excluding tert-OH is 3. The SMILES string of the molecule is CC=CCC1CN(C(=O)c2cc3cc(NC(=O)c4ccc(NC(=O)C(CCCNC(N)=O)NC(=O)C(NCCNC(=O)CCCn5c(O)cc(SC(CC)(CC)C6CCCCCC6)c5O)C(C)C)cc4)ccc3[nH]2)c2cc(OC3OC(C(=O)O)C(O)C(O)C3O)c3ccccc3c21. The van der Waals surface area contributed by atoms with E-state index in [2.05, 4.69) is 50.7 Å². The first-order valence-electron chi connectivity index (χ1n) is 33.6. The first kappa shape index (κ1) is 72.6. The second kappa shape index (κ2) is 33.1. The second-order valence-corrected chi connectivity index (χ2v) is 27.1. The first-order chi connectivity index (χ1) is 46.5. The van der Waals surface area contributed by atoms with Gasteiger partial charge >= 0.3 is 12.0 Å². The number of allylic oxidation sites excluding steroid dienone is 2. The van der Waals surface area contributed by atoms with Gasteiger partial charge in [0.05, 0.1) is 16.6 Å². The molecule has 2 fully saturated rings. The minimum atomic E-state index is -1.92. The van der Waals surface area contributed by atoms with Crippen LogP contribution in [0.15, 0.2) is 102 Å². The van der Waals surface area contributed by atoms with Crippen LogP contribution in [0.3, 0.4) is 0 Å². The molecule has 522 valence electrons. The fraction of sp³-hybridized carbons (Fsp3) is 0.479. The number of carboxylic acid groups (broad SMARTS) is 1. The molecular weight excluding hydrogens is 1260 g/mol. The number of hydrogen-bond acceptors (Lipinski definition) is 16. The van der Waals surface area contributed by atoms with Crippen molar-refractivity contribution in [2.24, 2.45) is 17.6 Å². The van der Waals surface area contributed by atoms with E-state index < -0.39 is 72.5 Å². The molecule has 4 aromatic carbocycles. The number of fused-ring (bicyclic) bond motifs is 4. The Morgan fingerprint density at radius 1 is 0.814 bits per heavy atom. The number of aromatic nitrogens is 2. The zero-order chi connectivity index (χ0) is 69.7. The van der Waals surface area contributed by atoms with Crippen molar-refractivity contribution >= 4 is 92.0 Å². The molecule has 0 radical (unpaired) electrons. The summed E-state index contributed by atoms with van der Waals surface area (Å²) in [5.41, 5.74) is 8.47. The minimum absolute atomic E-state index is 0.0112. The molecule has 9 rings (SSSR count). The van der Waals surface area contributed by atoms with E-state index in [-0.39, 0.29) is 109 Å². The predicted molar refractivity (Wildman–Crippen MR) is 370 cm³/mol. The van der Waals surface area contributed by atoms with Crippen LogP contribution in [0.5, 0.6) is 17.5 Å². The molecule has 26 heteroatoms. The number of nitrogens with one attached hydrogen (secondary N) is 7. The number of aromatic hydroxyl groups is 2. The Balaban J connectivity index is 0.788. The highest BCUT2D eigenvalue weighted by molar-refractivity contribution is 8.00. The van der Waals surface area contributed by atoms with Crippen molar-refractivity contribution in [3.05, 3.63) is 114 Å². The Labute approximate surface area is 567 Å². The van der Waals surface area contributed by atoms with Gasteiger partial charge in [0, 0.05) is 95.2 Å². The van der Waals surface area contributed by atoms with Crippen LogP contribution in [0, 0.1) is 11.8 Å². The summed E-state index contributed by atoms with van der Waals surface area (Å²) >= 11 is 1.67. The quantitative estimate of drug-likeness (QED) is 0.00869. The molecule has 97 heavy (non-hydrogen) atoms. The zero-order valence-electron chi connectivity index (χ0n) is 55.5. The van der Waals surface area contributed by atoms with Crippen LogP contribution >= 0.6 is 11.8 Å². The molecule has 2 aromatic heterocycles. The lowest BCUT2D eigenvalue weighted by molar-refractivity contribution is -0.270. The van der Waals surface area contributed by atoms with E-state index in [4.69, 9.17) is 15.2 Å². The molecule has 6 aromatic rings. The normalized spacial score (nSPS) is 19.7. The Morgan fingerprint density at radius 3 is 2.21 bits per heavy atom. The van der Waals surface area contributed by atoms with Gasteiger partial charge in [-0.2, -0.15) is 0 Å². The lowest BCUT2D eigenvalue weighted by atomic mass is 9.81. The van der Waals surface area contributed by atoms with Gasteiger partial charge in [0.1, 0.15) is 35.8 Å². The van der Waals surface area contributed by atoms with E-state index in [0.717, 1.165) is 36.6 Å². The number of primary amides is 1. The van der Waals surface area contributed by atoms with Crippen LogP contribution in [0.4, 0.5) is 21.9 Å². The molecule has 25 nitrogen and oxygen atoms in total. The summed E-state index contributed by atoms with van der Waals surface area (Å²) in [6.07, 6.45) is 5.33. The highest BCUT2D eigenvalue weighted by Crippen LogP contribution is 2.52. The van der Waals surface area contributed by atoms with Crippen molar-refractivity contribution < 1.29 is 73.7 Å². The molecule has 1 saturated carbocycles. The topological polar surface area (TPSA) is 381 Å². The summed E-state index contributed by atoms with van der Waals surface area (Å²) in [6.45, 7) is 11.1. The van der Waals surface area contributed by atoms with Crippen molar-refractivity contribution in [3.63, 3.8) is 0 Å². The maximum absolute atomic E-state index is 14.7. The fourth-order valence-electron chi connectivity index (χ4n) is 13.5. The van der Waals surface area contributed by atoms with Crippen molar-refractivity contribution in [2.45, 2.75) is 183 Å². The summed E-state index contributed by atoms with van der Waals surface area (Å²) < 4.78 is 13.0. The number of ether oxygens (including phenoxy) is 2. The molecule has 8 unspecified atom stereocenters. The van der Waals surface area contributed by atoms with Gasteiger partial charge in [-0.3, -0.25) is 28.5 Å². The Bertz CT molecular complexity index is 3800. The maximum Gasteiger partial charge on any atom is 0.335 e. The number of urea groups is 1. The predicted octanol–water partition coefficient (Wildman–Crippen LogP) is 8.47. The summed E-state index contributed by atoms with van der Waals surface area (Å²) in [7, 11) is 0. The van der Waals surface area contributed by atoms with Crippen LogP contribution in [0.1, 0.15) is 150 Å². The molecule has 0 bridgehead atoms. The number of rotatable bonds is 30. The molecule has 2 aliphatic heterocycles. The number of carboxylic acids is 1. The van der Waals surface area contributed by atoms with E-state index in [0.29, 0.717) is 57.0 Å². The van der Waals surface area contributed by atoms with Gasteiger partial charge < -0.3 is 87.6 Å². The van der Waals surface area contributed by atoms with E-state index in [1.807, 2.05) is 45.1 Å². The number of aliphatic carboxylic acids is 1. The number of aromatic amines is 1. The number of nitrogens with zero attached hydrogens (tertiary/aromatic N) is 2. The summed E-state index contributed by atoms with van der Waals surface area (Å²) in [5, 5.41) is 82.7. The number of benzene rings is 4. The zero-order valence-corrected chi connectivity index (χ0v) is 56.3. The largest absolute Gasteiger partial charge is 0.494 e. The third kappa shape index (κ3) is 17.4. The van der Waals surface area contributed by atoms with E-state index >= 15 is 0 Å². The minimum Gasteiger partial charge on any atom is -0.494 e. The van der Waals surface area contributed by atoms with Crippen molar-refractivity contribution in [3.8, 4) is 17.5 Å². The number of H-pyrrole nitrogens is 1. The van der Waals surface area contributed by atoms with Crippen LogP contribution < -0.4 is 47.3 Å². The van der Waals surface area contributed by atoms with Crippen molar-refractivity contribution in [1.82, 2.24) is 30.8 Å². The number of thioether (sulfide) groups is 1. The van der Waals surface area contributed by atoms with Crippen LogP contribution in [-0.4, -0.2) is 155 Å². The lowest BCUT2D eigenvalue weighted by Crippen LogP contribution is -2.61. The van der Waals surface area contributed by atoms with Gasteiger partial charge in [0.2, 0.25) is 29.9 Å². The molecule has 0 spiro atoms. The monoisotopic (exact) mass is 1360 g/mol. The van der Waals surface area contributed by atoms with Crippen molar-refractivity contribution in [1.29, 1.82) is 0 Å². The maximum atomic E-state index is 14.7. The average Bonchev–Trinajstić information content (AvgIpc) is 1.63. The molecular formula is C71H92N10O15S. The number of carbonyl (C=O) groups excluding carboxylic acids is 6. The highest BCUT2D eigenvalue weighted by atomic mass is 32.2. The van der Waals surface area contributed by atoms with Gasteiger partial charge in [-0.25, -0.2) is 9.59 Å². The van der Waals surface area contributed by atoms with Crippen LogP contribution in [0.25, 0.3) is 21.7 Å². The fourth-order valence-corrected chi connectivity index (χ4v) is 15.0. The Hall–Kier alpha value is -8.66. The number of nitrogens with two attached hydrogens (primary N) is 1. The lowest BCUT2D eigenvalue weighted by Gasteiger charge is -2.39. The second-order valence-electron chi connectivity index (χ2n) is 25.7. The van der Waals surface area contributed by atoms with E-state index in [1.54, 1.807) is 77.3 Å². The third-order valence-electron chi connectivity index (χ3n) is 18.9. The highest BCUT2D eigenvalue weighted by Gasteiger charge is 2.49. The van der Waals surface area contributed by atoms with Gasteiger partial charge in [-0.1, -0.05) is 89.8 Å². The molecule has 15 N–H and O–H groups in total. The van der Waals surface area contributed by atoms with Crippen molar-refractivity contribution in [2.75, 3.05) is 41.7 Å². The Morgan fingerprint density at radius 2 is 1.53 bits per heavy atom. The molecule has 3 aliphatic rings. The van der Waals surface area contributed by atoms with E-state index in [1.165, 1.54) is 42.4 Å². The summed E-state index contributed by atoms with van der Waals surface area (Å²) in [6, 6.07) is 20.9. The number of amides is 7. The third-order valence-corrected chi connectivity index (χ3v) is 20.7.